The second-order valence-corrected chi connectivity index (χ2v) is 5.50. The molecule has 1 aliphatic rings. The summed E-state index contributed by atoms with van der Waals surface area (Å²) in [6.45, 7) is 3.43. The van der Waals surface area contributed by atoms with Gasteiger partial charge in [0, 0.05) is 25.7 Å². The van der Waals surface area contributed by atoms with Gasteiger partial charge in [0.05, 0.1) is 6.67 Å². The standard InChI is InChI=1S/C16H23N3O2/c1-14(21)18-10-8-16(12-20,9-11-18)19(13-17-2)15-6-4-3-5-7-15/h3-7,12,17H,8-11,13H2,1-2H3. The monoisotopic (exact) mass is 289 g/mol. The van der Waals surface area contributed by atoms with Crippen LogP contribution < -0.4 is 10.2 Å². The van der Waals surface area contributed by atoms with Crippen LogP contribution in [-0.2, 0) is 9.59 Å². The molecule has 0 aromatic heterocycles. The molecule has 0 spiro atoms. The van der Waals surface area contributed by atoms with Gasteiger partial charge in [-0.15, -0.1) is 0 Å². The number of nitrogens with one attached hydrogen (secondary N) is 1. The zero-order valence-electron chi connectivity index (χ0n) is 12.7. The van der Waals surface area contributed by atoms with Gasteiger partial charge in [-0.1, -0.05) is 18.2 Å². The number of piperidine rings is 1. The van der Waals surface area contributed by atoms with Crippen LogP contribution in [-0.4, -0.2) is 49.4 Å². The highest BCUT2D eigenvalue weighted by molar-refractivity contribution is 5.76. The zero-order chi connectivity index (χ0) is 15.3. The minimum absolute atomic E-state index is 0.0781. The third kappa shape index (κ3) is 3.24. The summed E-state index contributed by atoms with van der Waals surface area (Å²) >= 11 is 0. The predicted octanol–water partition coefficient (Wildman–Crippen LogP) is 1.25. The Morgan fingerprint density at radius 2 is 1.95 bits per heavy atom. The molecule has 1 heterocycles. The van der Waals surface area contributed by atoms with Crippen LogP contribution in [0.4, 0.5) is 5.69 Å². The molecule has 1 aromatic rings. The molecule has 0 bridgehead atoms. The Kier molecular flexibility index (Phi) is 4.96. The quantitative estimate of drug-likeness (QED) is 0.655. The molecule has 5 heteroatoms. The summed E-state index contributed by atoms with van der Waals surface area (Å²) in [5.41, 5.74) is 0.478. The lowest BCUT2D eigenvalue weighted by Gasteiger charge is -2.46. The van der Waals surface area contributed by atoms with Crippen molar-refractivity contribution in [1.82, 2.24) is 10.2 Å². The van der Waals surface area contributed by atoms with Gasteiger partial charge in [-0.25, -0.2) is 0 Å². The zero-order valence-corrected chi connectivity index (χ0v) is 12.7. The molecule has 0 saturated carbocycles. The molecule has 114 valence electrons. The molecule has 1 N–H and O–H groups in total. The Morgan fingerprint density at radius 1 is 1.33 bits per heavy atom. The summed E-state index contributed by atoms with van der Waals surface area (Å²) in [6.07, 6.45) is 2.37. The summed E-state index contributed by atoms with van der Waals surface area (Å²) in [7, 11) is 1.87. The van der Waals surface area contributed by atoms with Gasteiger partial charge in [-0.05, 0) is 32.0 Å². The first kappa shape index (κ1) is 15.5. The summed E-state index contributed by atoms with van der Waals surface area (Å²) < 4.78 is 0. The Bertz CT molecular complexity index is 482. The molecule has 1 aromatic carbocycles. The maximum atomic E-state index is 11.9. The van der Waals surface area contributed by atoms with E-state index in [9.17, 15) is 9.59 Å². The van der Waals surface area contributed by atoms with Gasteiger partial charge >= 0.3 is 0 Å². The van der Waals surface area contributed by atoms with E-state index in [1.165, 1.54) is 0 Å². The van der Waals surface area contributed by atoms with Gasteiger partial charge < -0.3 is 19.9 Å². The lowest BCUT2D eigenvalue weighted by Crippen LogP contribution is -2.59. The normalized spacial score (nSPS) is 17.3. The maximum absolute atomic E-state index is 11.9. The first-order valence-corrected chi connectivity index (χ1v) is 7.32. The van der Waals surface area contributed by atoms with Crippen molar-refractivity contribution in [3.63, 3.8) is 0 Å². The molecular weight excluding hydrogens is 266 g/mol. The van der Waals surface area contributed by atoms with Gasteiger partial charge in [0.25, 0.3) is 0 Å². The molecule has 5 nitrogen and oxygen atoms in total. The number of nitrogens with zero attached hydrogens (tertiary/aromatic N) is 2. The van der Waals surface area contributed by atoms with Crippen LogP contribution in [0.1, 0.15) is 19.8 Å². The third-order valence-electron chi connectivity index (χ3n) is 4.22. The van der Waals surface area contributed by atoms with E-state index >= 15 is 0 Å². The summed E-state index contributed by atoms with van der Waals surface area (Å²) in [5.74, 6) is 0.0781. The molecule has 0 aliphatic carbocycles. The first-order chi connectivity index (χ1) is 10.1. The first-order valence-electron chi connectivity index (χ1n) is 7.32. The van der Waals surface area contributed by atoms with Gasteiger partial charge in [0.2, 0.25) is 5.91 Å². The fourth-order valence-corrected chi connectivity index (χ4v) is 2.93. The van der Waals surface area contributed by atoms with E-state index in [-0.39, 0.29) is 5.91 Å². The maximum Gasteiger partial charge on any atom is 0.219 e. The van der Waals surface area contributed by atoms with E-state index in [1.807, 2.05) is 42.3 Å². The number of amides is 1. The number of hydrogen-bond acceptors (Lipinski definition) is 4. The second kappa shape index (κ2) is 6.72. The largest absolute Gasteiger partial charge is 0.346 e. The van der Waals surface area contributed by atoms with Crippen molar-refractivity contribution in [2.24, 2.45) is 0 Å². The van der Waals surface area contributed by atoms with E-state index in [2.05, 4.69) is 10.2 Å². The van der Waals surface area contributed by atoms with Crippen LogP contribution in [0.5, 0.6) is 0 Å². The molecule has 1 amide bonds. The van der Waals surface area contributed by atoms with Crippen LogP contribution in [0.2, 0.25) is 0 Å². The van der Waals surface area contributed by atoms with E-state index in [0.717, 1.165) is 12.0 Å². The van der Waals surface area contributed by atoms with Crippen LogP contribution >= 0.6 is 0 Å². The van der Waals surface area contributed by atoms with Crippen molar-refractivity contribution in [3.8, 4) is 0 Å². The summed E-state index contributed by atoms with van der Waals surface area (Å²) in [5, 5.41) is 3.14. The third-order valence-corrected chi connectivity index (χ3v) is 4.22. The molecular formula is C16H23N3O2. The van der Waals surface area contributed by atoms with Crippen molar-refractivity contribution < 1.29 is 9.59 Å². The average molecular weight is 289 g/mol. The minimum Gasteiger partial charge on any atom is -0.346 e. The van der Waals surface area contributed by atoms with E-state index in [4.69, 9.17) is 0 Å². The number of aldehydes is 1. The second-order valence-electron chi connectivity index (χ2n) is 5.50. The van der Waals surface area contributed by atoms with Gasteiger partial charge in [-0.3, -0.25) is 4.79 Å². The molecule has 1 aliphatic heterocycles. The SMILES string of the molecule is CNCN(c1ccccc1)C1(C=O)CCN(C(C)=O)CC1. The fraction of sp³-hybridized carbons (Fsp3) is 0.500. The number of anilines is 1. The highest BCUT2D eigenvalue weighted by Gasteiger charge is 2.40. The number of carbonyl (C=O) groups is 2. The Morgan fingerprint density at radius 3 is 2.43 bits per heavy atom. The smallest absolute Gasteiger partial charge is 0.219 e. The number of rotatable bonds is 5. The van der Waals surface area contributed by atoms with Crippen LogP contribution in [0.15, 0.2) is 30.3 Å². The van der Waals surface area contributed by atoms with Crippen LogP contribution in [0.3, 0.4) is 0 Å². The number of hydrogen-bond donors (Lipinski definition) is 1. The summed E-state index contributed by atoms with van der Waals surface area (Å²) in [4.78, 5) is 27.3. The lowest BCUT2D eigenvalue weighted by atomic mass is 9.86. The molecule has 2 rings (SSSR count). The number of benzene rings is 1. The summed E-state index contributed by atoms with van der Waals surface area (Å²) in [6, 6.07) is 9.94. The molecule has 0 atom stereocenters. The van der Waals surface area contributed by atoms with E-state index in [1.54, 1.807) is 6.92 Å². The van der Waals surface area contributed by atoms with Crippen LogP contribution in [0, 0.1) is 0 Å². The van der Waals surface area contributed by atoms with Crippen molar-refractivity contribution in [2.45, 2.75) is 25.3 Å². The molecule has 0 radical (unpaired) electrons. The molecule has 0 unspecified atom stereocenters. The van der Waals surface area contributed by atoms with Gasteiger partial charge in [0.15, 0.2) is 0 Å². The topological polar surface area (TPSA) is 52.7 Å². The molecule has 1 saturated heterocycles. The van der Waals surface area contributed by atoms with Gasteiger partial charge in [0.1, 0.15) is 11.8 Å². The van der Waals surface area contributed by atoms with Crippen molar-refractivity contribution in [1.29, 1.82) is 0 Å². The number of carbonyl (C=O) groups excluding carboxylic acids is 2. The predicted molar refractivity (Wildman–Crippen MR) is 83.1 cm³/mol. The fourth-order valence-electron chi connectivity index (χ4n) is 2.93. The van der Waals surface area contributed by atoms with E-state index < -0.39 is 5.54 Å². The van der Waals surface area contributed by atoms with Crippen molar-refractivity contribution in [3.05, 3.63) is 30.3 Å². The lowest BCUT2D eigenvalue weighted by molar-refractivity contribution is -0.131. The Labute approximate surface area is 125 Å². The van der Waals surface area contributed by atoms with Crippen molar-refractivity contribution in [2.75, 3.05) is 31.7 Å². The van der Waals surface area contributed by atoms with Crippen LogP contribution in [0.25, 0.3) is 0 Å². The Hall–Kier alpha value is -1.88. The van der Waals surface area contributed by atoms with Crippen molar-refractivity contribution >= 4 is 17.9 Å². The minimum atomic E-state index is -0.545. The highest BCUT2D eigenvalue weighted by atomic mass is 16.2. The van der Waals surface area contributed by atoms with Gasteiger partial charge in [-0.2, -0.15) is 0 Å². The molecule has 21 heavy (non-hydrogen) atoms. The number of likely N-dealkylation sites (tertiary alicyclic amines) is 1. The Balaban J connectivity index is 2.25. The highest BCUT2D eigenvalue weighted by Crippen LogP contribution is 2.31. The molecule has 1 fully saturated rings. The average Bonchev–Trinajstić information content (AvgIpc) is 2.53. The van der Waals surface area contributed by atoms with E-state index in [0.29, 0.717) is 32.6 Å². The number of para-hydroxylation sites is 1.